The van der Waals surface area contributed by atoms with Crippen LogP contribution in [0.15, 0.2) is 23.1 Å². The van der Waals surface area contributed by atoms with E-state index in [9.17, 15) is 4.79 Å². The van der Waals surface area contributed by atoms with Crippen LogP contribution in [0.25, 0.3) is 0 Å². The number of carbonyl (C=O) groups excluding carboxylic acids is 1. The number of nitrogens with zero attached hydrogens (tertiary/aromatic N) is 1. The molecule has 2 rings (SSSR count). The quantitative estimate of drug-likeness (QED) is 0.853. The average molecular weight is 232 g/mol. The van der Waals surface area contributed by atoms with E-state index in [-0.39, 0.29) is 11.8 Å². The highest BCUT2D eigenvalue weighted by Gasteiger charge is 2.17. The van der Waals surface area contributed by atoms with Gasteiger partial charge in [-0.15, -0.1) is 11.8 Å². The number of fused-ring (bicyclic) bond motifs is 1. The fourth-order valence-electron chi connectivity index (χ4n) is 1.72. The molecule has 0 aliphatic carbocycles. The summed E-state index contributed by atoms with van der Waals surface area (Å²) in [6, 6.07) is 8.13. The summed E-state index contributed by atoms with van der Waals surface area (Å²) >= 11 is 1.54. The van der Waals surface area contributed by atoms with Gasteiger partial charge >= 0.3 is 0 Å². The number of nitrogens with one attached hydrogen (secondary N) is 1. The number of rotatable bonds is 2. The van der Waals surface area contributed by atoms with Gasteiger partial charge in [0, 0.05) is 4.90 Å². The fraction of sp³-hybridized carbons (Fsp3) is 0.333. The van der Waals surface area contributed by atoms with Crippen molar-refractivity contribution < 1.29 is 4.79 Å². The van der Waals surface area contributed by atoms with Gasteiger partial charge < -0.3 is 5.32 Å². The minimum absolute atomic E-state index is 0.0275. The highest BCUT2D eigenvalue weighted by atomic mass is 32.2. The number of hydrogen-bond donors (Lipinski definition) is 1. The van der Waals surface area contributed by atoms with E-state index in [0.717, 1.165) is 22.6 Å². The lowest BCUT2D eigenvalue weighted by Crippen LogP contribution is -2.18. The van der Waals surface area contributed by atoms with Crippen LogP contribution in [-0.4, -0.2) is 11.7 Å². The second kappa shape index (κ2) is 4.58. The van der Waals surface area contributed by atoms with Gasteiger partial charge in [-0.25, -0.2) is 0 Å². The topological polar surface area (TPSA) is 52.9 Å². The first-order chi connectivity index (χ1) is 7.74. The molecule has 1 aliphatic rings. The van der Waals surface area contributed by atoms with Gasteiger partial charge in [0.05, 0.1) is 23.4 Å². The Bertz CT molecular complexity index is 465. The first-order valence-corrected chi connectivity index (χ1v) is 6.19. The second-order valence-corrected chi connectivity index (χ2v) is 4.70. The summed E-state index contributed by atoms with van der Waals surface area (Å²) in [6.07, 6.45) is 0.788. The Hall–Kier alpha value is -1.47. The molecular formula is C12H12N2OS. The van der Waals surface area contributed by atoms with Gasteiger partial charge in [-0.1, -0.05) is 13.0 Å². The number of thioether (sulfide) groups is 1. The smallest absolute Gasteiger partial charge is 0.234 e. The molecule has 0 saturated carbocycles. The van der Waals surface area contributed by atoms with Gasteiger partial charge in [0.1, 0.15) is 0 Å². The summed E-state index contributed by atoms with van der Waals surface area (Å²) < 4.78 is 0. The lowest BCUT2D eigenvalue weighted by molar-refractivity contribution is -0.113. The summed E-state index contributed by atoms with van der Waals surface area (Å²) in [5.41, 5.74) is 1.82. The third kappa shape index (κ3) is 2.05. The van der Waals surface area contributed by atoms with E-state index < -0.39 is 0 Å². The van der Waals surface area contributed by atoms with E-state index in [1.807, 2.05) is 25.1 Å². The van der Waals surface area contributed by atoms with Gasteiger partial charge in [0.15, 0.2) is 0 Å². The molecular weight excluding hydrogens is 220 g/mol. The molecule has 0 spiro atoms. The molecule has 1 aliphatic heterocycles. The SMILES string of the molecule is CCC(C#N)c1ccc2c(c1)NC(=O)CS2. The molecule has 1 unspecified atom stereocenters. The Balaban J connectivity index is 2.35. The Kier molecular flexibility index (Phi) is 3.16. The Morgan fingerprint density at radius 3 is 3.12 bits per heavy atom. The van der Waals surface area contributed by atoms with Crippen LogP contribution < -0.4 is 5.32 Å². The summed E-state index contributed by atoms with van der Waals surface area (Å²) in [4.78, 5) is 12.3. The maximum absolute atomic E-state index is 11.2. The molecule has 1 heterocycles. The zero-order chi connectivity index (χ0) is 11.5. The van der Waals surface area contributed by atoms with Gasteiger partial charge in [-0.3, -0.25) is 4.79 Å². The summed E-state index contributed by atoms with van der Waals surface area (Å²) in [5, 5.41) is 11.8. The maximum Gasteiger partial charge on any atom is 0.234 e. The van der Waals surface area contributed by atoms with Crippen LogP contribution in [0, 0.1) is 11.3 Å². The number of hydrogen-bond acceptors (Lipinski definition) is 3. The van der Waals surface area contributed by atoms with Crippen molar-refractivity contribution in [3.8, 4) is 6.07 Å². The monoisotopic (exact) mass is 232 g/mol. The molecule has 1 atom stereocenters. The molecule has 1 aromatic carbocycles. The Morgan fingerprint density at radius 2 is 2.44 bits per heavy atom. The van der Waals surface area contributed by atoms with E-state index in [4.69, 9.17) is 5.26 Å². The van der Waals surface area contributed by atoms with Crippen molar-refractivity contribution >= 4 is 23.4 Å². The third-order valence-corrected chi connectivity index (χ3v) is 3.68. The van der Waals surface area contributed by atoms with E-state index in [0.29, 0.717) is 5.75 Å². The summed E-state index contributed by atoms with van der Waals surface area (Å²) in [6.45, 7) is 1.99. The highest BCUT2D eigenvalue weighted by molar-refractivity contribution is 8.00. The maximum atomic E-state index is 11.2. The lowest BCUT2D eigenvalue weighted by atomic mass is 9.97. The fourth-order valence-corrected chi connectivity index (χ4v) is 2.51. The first kappa shape index (κ1) is 11.0. The van der Waals surface area contributed by atoms with Crippen LogP contribution in [0.5, 0.6) is 0 Å². The van der Waals surface area contributed by atoms with Crippen LogP contribution in [0.2, 0.25) is 0 Å². The van der Waals surface area contributed by atoms with E-state index >= 15 is 0 Å². The molecule has 0 aromatic heterocycles. The van der Waals surface area contributed by atoms with E-state index in [1.165, 1.54) is 11.8 Å². The first-order valence-electron chi connectivity index (χ1n) is 5.20. The van der Waals surface area contributed by atoms with E-state index in [1.54, 1.807) is 0 Å². The molecule has 1 amide bonds. The number of amides is 1. The van der Waals surface area contributed by atoms with Crippen molar-refractivity contribution in [2.75, 3.05) is 11.1 Å². The standard InChI is InChI=1S/C12H12N2OS/c1-2-8(6-13)9-3-4-11-10(5-9)14-12(15)7-16-11/h3-5,8H,2,7H2,1H3,(H,14,15). The minimum atomic E-state index is -0.0888. The molecule has 82 valence electrons. The van der Waals surface area contributed by atoms with Crippen LogP contribution in [0.3, 0.4) is 0 Å². The lowest BCUT2D eigenvalue weighted by Gasteiger charge is -2.18. The molecule has 0 saturated heterocycles. The van der Waals surface area contributed by atoms with E-state index in [2.05, 4.69) is 11.4 Å². The molecule has 1 N–H and O–H groups in total. The van der Waals surface area contributed by atoms with Crippen LogP contribution >= 0.6 is 11.8 Å². The number of carbonyl (C=O) groups is 1. The molecule has 0 radical (unpaired) electrons. The van der Waals surface area contributed by atoms with Crippen LogP contribution in [0.1, 0.15) is 24.8 Å². The number of benzene rings is 1. The minimum Gasteiger partial charge on any atom is -0.324 e. The van der Waals surface area contributed by atoms with Gasteiger partial charge in [0.2, 0.25) is 5.91 Å². The summed E-state index contributed by atoms with van der Waals surface area (Å²) in [5.74, 6) is 0.413. The molecule has 16 heavy (non-hydrogen) atoms. The molecule has 1 aromatic rings. The predicted octanol–water partition coefficient (Wildman–Crippen LogP) is 2.75. The van der Waals surface area contributed by atoms with Gasteiger partial charge in [0.25, 0.3) is 0 Å². The number of anilines is 1. The van der Waals surface area contributed by atoms with Crippen molar-refractivity contribution in [2.45, 2.75) is 24.2 Å². The third-order valence-electron chi connectivity index (χ3n) is 2.60. The Morgan fingerprint density at radius 1 is 1.62 bits per heavy atom. The van der Waals surface area contributed by atoms with Crippen LogP contribution in [0.4, 0.5) is 5.69 Å². The van der Waals surface area contributed by atoms with Crippen molar-refractivity contribution in [2.24, 2.45) is 0 Å². The largest absolute Gasteiger partial charge is 0.324 e. The zero-order valence-electron chi connectivity index (χ0n) is 8.99. The van der Waals surface area contributed by atoms with Gasteiger partial charge in [-0.2, -0.15) is 5.26 Å². The van der Waals surface area contributed by atoms with Gasteiger partial charge in [-0.05, 0) is 24.1 Å². The zero-order valence-corrected chi connectivity index (χ0v) is 9.80. The van der Waals surface area contributed by atoms with Crippen molar-refractivity contribution in [1.29, 1.82) is 5.26 Å². The summed E-state index contributed by atoms with van der Waals surface area (Å²) in [7, 11) is 0. The molecule has 3 nitrogen and oxygen atoms in total. The van der Waals surface area contributed by atoms with Crippen molar-refractivity contribution in [3.05, 3.63) is 23.8 Å². The van der Waals surface area contributed by atoms with Crippen molar-refractivity contribution in [1.82, 2.24) is 0 Å². The molecule has 4 heteroatoms. The molecule has 0 fully saturated rings. The predicted molar refractivity (Wildman–Crippen MR) is 64.4 cm³/mol. The second-order valence-electron chi connectivity index (χ2n) is 3.68. The van der Waals surface area contributed by atoms with Crippen molar-refractivity contribution in [3.63, 3.8) is 0 Å². The normalized spacial score (nSPS) is 15.9. The average Bonchev–Trinajstić information content (AvgIpc) is 2.30. The van der Waals surface area contributed by atoms with Crippen LogP contribution in [-0.2, 0) is 4.79 Å². The number of nitriles is 1. The molecule has 0 bridgehead atoms. The Labute approximate surface area is 98.8 Å². The highest BCUT2D eigenvalue weighted by Crippen LogP contribution is 2.34.